The monoisotopic (exact) mass is 331 g/mol. The van der Waals surface area contributed by atoms with Crippen molar-refractivity contribution in [2.24, 2.45) is 5.92 Å². The van der Waals surface area contributed by atoms with Crippen LogP contribution in [-0.2, 0) is 6.54 Å². The molecular weight excluding hydrogens is 313 g/mol. The SMILES string of the molecule is CC(C)C(c1cccnc1)c1nc(-c2cscn2)nn1CCF. The van der Waals surface area contributed by atoms with Crippen LogP contribution in [0.2, 0.25) is 0 Å². The molecule has 0 aliphatic heterocycles. The fourth-order valence-electron chi connectivity index (χ4n) is 2.65. The van der Waals surface area contributed by atoms with Crippen molar-refractivity contribution < 1.29 is 4.39 Å². The normalized spacial score (nSPS) is 12.7. The molecule has 3 heterocycles. The second-order valence-corrected chi connectivity index (χ2v) is 6.31. The summed E-state index contributed by atoms with van der Waals surface area (Å²) in [5, 5.41) is 6.36. The van der Waals surface area contributed by atoms with Crippen LogP contribution in [0.4, 0.5) is 4.39 Å². The Bertz CT molecular complexity index is 739. The first-order valence-electron chi connectivity index (χ1n) is 7.50. The van der Waals surface area contributed by atoms with Gasteiger partial charge in [0.2, 0.25) is 5.82 Å². The number of halogens is 1. The van der Waals surface area contributed by atoms with E-state index in [1.54, 1.807) is 16.4 Å². The van der Waals surface area contributed by atoms with Gasteiger partial charge in [0, 0.05) is 23.7 Å². The minimum Gasteiger partial charge on any atom is -0.264 e. The minimum atomic E-state index is -0.481. The summed E-state index contributed by atoms with van der Waals surface area (Å²) in [4.78, 5) is 13.1. The third-order valence-corrected chi connectivity index (χ3v) is 4.23. The van der Waals surface area contributed by atoms with Crippen LogP contribution in [0.1, 0.15) is 31.2 Å². The first kappa shape index (κ1) is 15.7. The zero-order valence-electron chi connectivity index (χ0n) is 13.1. The number of pyridine rings is 1. The maximum atomic E-state index is 13.0. The van der Waals surface area contributed by atoms with Crippen molar-refractivity contribution in [1.82, 2.24) is 24.7 Å². The molecule has 5 nitrogen and oxygen atoms in total. The van der Waals surface area contributed by atoms with Gasteiger partial charge in [0.05, 0.1) is 12.1 Å². The highest BCUT2D eigenvalue weighted by atomic mass is 32.1. The third-order valence-electron chi connectivity index (χ3n) is 3.65. The number of thiazole rings is 1. The lowest BCUT2D eigenvalue weighted by Gasteiger charge is -2.20. The predicted molar refractivity (Wildman–Crippen MR) is 88.0 cm³/mol. The molecule has 0 radical (unpaired) electrons. The van der Waals surface area contributed by atoms with Gasteiger partial charge in [-0.25, -0.2) is 19.0 Å². The van der Waals surface area contributed by atoms with Gasteiger partial charge in [0.1, 0.15) is 18.2 Å². The number of aromatic nitrogens is 5. The van der Waals surface area contributed by atoms with Crippen molar-refractivity contribution in [2.45, 2.75) is 26.3 Å². The summed E-state index contributed by atoms with van der Waals surface area (Å²) in [6, 6.07) is 3.93. The summed E-state index contributed by atoms with van der Waals surface area (Å²) in [6.07, 6.45) is 3.58. The molecule has 0 saturated heterocycles. The number of alkyl halides is 1. The lowest BCUT2D eigenvalue weighted by Crippen LogP contribution is -2.17. The van der Waals surface area contributed by atoms with E-state index in [4.69, 9.17) is 0 Å². The molecule has 0 N–H and O–H groups in total. The molecule has 0 amide bonds. The molecular formula is C16H18FN5S. The van der Waals surface area contributed by atoms with Crippen molar-refractivity contribution in [1.29, 1.82) is 0 Å². The highest BCUT2D eigenvalue weighted by Crippen LogP contribution is 2.31. The largest absolute Gasteiger partial charge is 0.264 e. The van der Waals surface area contributed by atoms with E-state index >= 15 is 0 Å². The molecule has 0 aromatic carbocycles. The molecule has 0 aliphatic rings. The number of hydrogen-bond acceptors (Lipinski definition) is 5. The summed E-state index contributed by atoms with van der Waals surface area (Å²) in [7, 11) is 0. The number of nitrogens with zero attached hydrogens (tertiary/aromatic N) is 5. The zero-order chi connectivity index (χ0) is 16.2. The Labute approximate surface area is 138 Å². The van der Waals surface area contributed by atoms with E-state index in [1.165, 1.54) is 11.3 Å². The van der Waals surface area contributed by atoms with Crippen LogP contribution >= 0.6 is 11.3 Å². The molecule has 7 heteroatoms. The Kier molecular flexibility index (Phi) is 4.76. The van der Waals surface area contributed by atoms with Gasteiger partial charge in [-0.05, 0) is 17.5 Å². The van der Waals surface area contributed by atoms with Crippen molar-refractivity contribution in [3.05, 3.63) is 46.8 Å². The van der Waals surface area contributed by atoms with Crippen molar-refractivity contribution in [2.75, 3.05) is 6.67 Å². The molecule has 3 rings (SSSR count). The van der Waals surface area contributed by atoms with Crippen molar-refractivity contribution in [3.8, 4) is 11.5 Å². The van der Waals surface area contributed by atoms with Crippen molar-refractivity contribution in [3.63, 3.8) is 0 Å². The van der Waals surface area contributed by atoms with Crippen LogP contribution in [-0.4, -0.2) is 31.4 Å². The second kappa shape index (κ2) is 6.95. The Hall–Kier alpha value is -2.15. The van der Waals surface area contributed by atoms with Crippen molar-refractivity contribution >= 4 is 11.3 Å². The maximum Gasteiger partial charge on any atom is 0.200 e. The van der Waals surface area contributed by atoms with Gasteiger partial charge in [0.25, 0.3) is 0 Å². The molecule has 3 aromatic rings. The van der Waals surface area contributed by atoms with Crippen LogP contribution in [0.25, 0.3) is 11.5 Å². The molecule has 120 valence electrons. The average molecular weight is 331 g/mol. The predicted octanol–water partition coefficient (Wildman–Crippen LogP) is 3.55. The van der Waals surface area contributed by atoms with Crippen LogP contribution in [0.15, 0.2) is 35.4 Å². The third kappa shape index (κ3) is 3.29. The van der Waals surface area contributed by atoms with Crippen LogP contribution < -0.4 is 0 Å². The number of aryl methyl sites for hydroxylation is 1. The first-order chi connectivity index (χ1) is 11.2. The zero-order valence-corrected chi connectivity index (χ0v) is 13.9. The molecule has 1 unspecified atom stereocenters. The van der Waals surface area contributed by atoms with Gasteiger partial charge < -0.3 is 0 Å². The molecule has 0 spiro atoms. The summed E-state index contributed by atoms with van der Waals surface area (Å²) in [6.45, 7) is 3.95. The Balaban J connectivity index is 2.08. The van der Waals surface area contributed by atoms with E-state index in [9.17, 15) is 4.39 Å². The Morgan fingerprint density at radius 2 is 2.22 bits per heavy atom. The second-order valence-electron chi connectivity index (χ2n) is 5.59. The average Bonchev–Trinajstić information content (AvgIpc) is 3.19. The molecule has 1 atom stereocenters. The van der Waals surface area contributed by atoms with E-state index in [2.05, 4.69) is 33.9 Å². The topological polar surface area (TPSA) is 56.5 Å². The Morgan fingerprint density at radius 1 is 1.35 bits per heavy atom. The van der Waals surface area contributed by atoms with Crippen LogP contribution in [0.3, 0.4) is 0 Å². The smallest absolute Gasteiger partial charge is 0.200 e. The quantitative estimate of drug-likeness (QED) is 0.693. The summed E-state index contributed by atoms with van der Waals surface area (Å²) < 4.78 is 14.6. The van der Waals surface area contributed by atoms with E-state index in [0.717, 1.165) is 17.1 Å². The highest BCUT2D eigenvalue weighted by molar-refractivity contribution is 7.07. The van der Waals surface area contributed by atoms with Gasteiger partial charge in [-0.2, -0.15) is 0 Å². The van der Waals surface area contributed by atoms with Crippen LogP contribution in [0.5, 0.6) is 0 Å². The van der Waals surface area contributed by atoms with E-state index < -0.39 is 6.67 Å². The van der Waals surface area contributed by atoms with E-state index in [1.807, 2.05) is 23.7 Å². The molecule has 23 heavy (non-hydrogen) atoms. The molecule has 0 aliphatic carbocycles. The number of rotatable bonds is 6. The maximum absolute atomic E-state index is 13.0. The minimum absolute atomic E-state index is 0.00938. The van der Waals surface area contributed by atoms with Gasteiger partial charge in [-0.3, -0.25) is 4.98 Å². The fraction of sp³-hybridized carbons (Fsp3) is 0.375. The number of hydrogen-bond donors (Lipinski definition) is 0. The van der Waals surface area contributed by atoms with E-state index in [0.29, 0.717) is 5.82 Å². The molecule has 3 aromatic heterocycles. The summed E-state index contributed by atoms with van der Waals surface area (Å²) in [5.74, 6) is 1.60. The summed E-state index contributed by atoms with van der Waals surface area (Å²) in [5.41, 5.74) is 3.52. The lowest BCUT2D eigenvalue weighted by atomic mass is 9.88. The highest BCUT2D eigenvalue weighted by Gasteiger charge is 2.26. The standard InChI is InChI=1S/C16H18FN5S/c1-11(2)14(12-4-3-6-18-8-12)16-20-15(13-9-23-10-19-13)21-22(16)7-5-17/h3-4,6,8-11,14H,5,7H2,1-2H3. The van der Waals surface area contributed by atoms with Gasteiger partial charge in [0.15, 0.2) is 0 Å². The molecule has 0 bridgehead atoms. The first-order valence-corrected chi connectivity index (χ1v) is 8.44. The lowest BCUT2D eigenvalue weighted by molar-refractivity contribution is 0.404. The Morgan fingerprint density at radius 3 is 2.83 bits per heavy atom. The molecule has 0 saturated carbocycles. The molecule has 0 fully saturated rings. The van der Waals surface area contributed by atoms with Gasteiger partial charge in [-0.1, -0.05) is 19.9 Å². The van der Waals surface area contributed by atoms with E-state index in [-0.39, 0.29) is 18.4 Å². The van der Waals surface area contributed by atoms with Gasteiger partial charge >= 0.3 is 0 Å². The fourth-order valence-corrected chi connectivity index (χ4v) is 3.18. The van der Waals surface area contributed by atoms with Gasteiger partial charge in [-0.15, -0.1) is 16.4 Å². The summed E-state index contributed by atoms with van der Waals surface area (Å²) >= 11 is 1.49. The van der Waals surface area contributed by atoms with Crippen LogP contribution in [0, 0.1) is 5.92 Å².